The lowest BCUT2D eigenvalue weighted by Gasteiger charge is -2.14. The van der Waals surface area contributed by atoms with Crippen LogP contribution in [0.15, 0.2) is 106 Å². The summed E-state index contributed by atoms with van der Waals surface area (Å²) in [6, 6.07) is 31.9. The van der Waals surface area contributed by atoms with Gasteiger partial charge in [-0.05, 0) is 36.4 Å². The molecule has 0 fully saturated rings. The molecule has 0 aliphatic heterocycles. The summed E-state index contributed by atoms with van der Waals surface area (Å²) in [4.78, 5) is 0. The monoisotopic (exact) mass is 432 g/mol. The first-order valence-corrected chi connectivity index (χ1v) is 10.7. The van der Waals surface area contributed by atoms with E-state index in [0.717, 1.165) is 55.8 Å². The zero-order valence-corrected chi connectivity index (χ0v) is 17.7. The molecule has 6 rings (SSSR count). The number of nitrogens with zero attached hydrogens (tertiary/aromatic N) is 2. The first kappa shape index (κ1) is 19.1. The molecule has 2 heterocycles. The van der Waals surface area contributed by atoms with Gasteiger partial charge in [-0.1, -0.05) is 71.0 Å². The summed E-state index contributed by atoms with van der Waals surface area (Å²) in [7, 11) is 0. The number of hydrogen-bond donors (Lipinski definition) is 2. The van der Waals surface area contributed by atoms with Gasteiger partial charge in [0.1, 0.15) is 11.4 Å². The third-order valence-corrected chi connectivity index (χ3v) is 5.68. The predicted octanol–water partition coefficient (Wildman–Crippen LogP) is 6.78. The van der Waals surface area contributed by atoms with E-state index in [1.54, 1.807) is 0 Å². The van der Waals surface area contributed by atoms with Crippen molar-refractivity contribution >= 4 is 33.3 Å². The zero-order valence-electron chi connectivity index (χ0n) is 17.7. The molecular weight excluding hydrogens is 412 g/mol. The molecular formula is C27H20N4O2. The molecule has 0 spiro atoms. The molecule has 0 saturated heterocycles. The van der Waals surface area contributed by atoms with E-state index in [1.807, 2.05) is 97.1 Å². The Labute approximate surface area is 189 Å². The third-order valence-electron chi connectivity index (χ3n) is 5.68. The molecule has 4 aromatic carbocycles. The maximum Gasteiger partial charge on any atom is 0.167 e. The number of nitrogens with one attached hydrogen (secondary N) is 2. The molecule has 0 saturated carbocycles. The van der Waals surface area contributed by atoms with Crippen LogP contribution in [0.5, 0.6) is 0 Å². The van der Waals surface area contributed by atoms with Gasteiger partial charge in [-0.15, -0.1) is 0 Å². The van der Waals surface area contributed by atoms with Gasteiger partial charge in [0.2, 0.25) is 0 Å². The largest absolute Gasteiger partial charge is 0.367 e. The van der Waals surface area contributed by atoms with Crippen molar-refractivity contribution in [1.29, 1.82) is 0 Å². The third kappa shape index (κ3) is 3.47. The zero-order chi connectivity index (χ0) is 22.0. The highest BCUT2D eigenvalue weighted by Gasteiger charge is 2.15. The first-order chi connectivity index (χ1) is 16.4. The summed E-state index contributed by atoms with van der Waals surface area (Å²) in [5, 5.41) is 17.6. The lowest BCUT2D eigenvalue weighted by molar-refractivity contribution is 0.459. The molecule has 0 aliphatic carbocycles. The highest BCUT2D eigenvalue weighted by atomic mass is 16.5. The van der Waals surface area contributed by atoms with Crippen molar-refractivity contribution in [2.45, 2.75) is 0 Å². The summed E-state index contributed by atoms with van der Waals surface area (Å²) in [6.07, 6.45) is 0. The first-order valence-electron chi connectivity index (χ1n) is 10.7. The van der Waals surface area contributed by atoms with E-state index in [0.29, 0.717) is 6.67 Å². The van der Waals surface area contributed by atoms with Crippen LogP contribution in [0.25, 0.3) is 44.5 Å². The van der Waals surface area contributed by atoms with Crippen molar-refractivity contribution in [3.8, 4) is 22.5 Å². The van der Waals surface area contributed by atoms with Gasteiger partial charge in [-0.25, -0.2) is 0 Å². The fourth-order valence-electron chi connectivity index (χ4n) is 4.08. The van der Waals surface area contributed by atoms with Crippen LogP contribution >= 0.6 is 0 Å². The Hall–Kier alpha value is -4.58. The van der Waals surface area contributed by atoms with E-state index < -0.39 is 0 Å². The van der Waals surface area contributed by atoms with Crippen molar-refractivity contribution in [1.82, 2.24) is 10.3 Å². The summed E-state index contributed by atoms with van der Waals surface area (Å²) >= 11 is 0. The van der Waals surface area contributed by atoms with Crippen molar-refractivity contribution < 1.29 is 9.05 Å². The molecule has 160 valence electrons. The molecule has 0 atom stereocenters. The summed E-state index contributed by atoms with van der Waals surface area (Å²) in [6.45, 7) is 0.513. The molecule has 6 aromatic rings. The van der Waals surface area contributed by atoms with Gasteiger partial charge < -0.3 is 19.7 Å². The molecule has 0 radical (unpaired) electrons. The Morgan fingerprint density at radius 3 is 1.45 bits per heavy atom. The molecule has 2 aromatic heterocycles. The van der Waals surface area contributed by atoms with Crippen molar-refractivity contribution in [2.75, 3.05) is 17.3 Å². The second kappa shape index (κ2) is 8.16. The van der Waals surface area contributed by atoms with Crippen molar-refractivity contribution in [3.05, 3.63) is 97.1 Å². The minimum absolute atomic E-state index is 0.513. The van der Waals surface area contributed by atoms with Crippen LogP contribution in [0.4, 0.5) is 11.4 Å². The van der Waals surface area contributed by atoms with Crippen molar-refractivity contribution in [3.63, 3.8) is 0 Å². The van der Waals surface area contributed by atoms with Crippen LogP contribution in [-0.2, 0) is 0 Å². The summed E-state index contributed by atoms with van der Waals surface area (Å²) in [5.74, 6) is 0. The average molecular weight is 432 g/mol. The van der Waals surface area contributed by atoms with Gasteiger partial charge in [0.15, 0.2) is 11.2 Å². The number of hydrogen-bond acceptors (Lipinski definition) is 6. The molecule has 0 aliphatic rings. The Morgan fingerprint density at radius 2 is 0.939 bits per heavy atom. The maximum absolute atomic E-state index is 5.52. The lowest BCUT2D eigenvalue weighted by atomic mass is 10.1. The Kier molecular flexibility index (Phi) is 4.73. The fraction of sp³-hybridized carbons (Fsp3) is 0.0370. The van der Waals surface area contributed by atoms with E-state index in [1.165, 1.54) is 0 Å². The minimum Gasteiger partial charge on any atom is -0.367 e. The molecule has 2 N–H and O–H groups in total. The average Bonchev–Trinajstić information content (AvgIpc) is 3.49. The van der Waals surface area contributed by atoms with E-state index in [2.05, 4.69) is 20.9 Å². The SMILES string of the molecule is c1ccc(-c2noc3ccccc23)c(NCNc2ccccc2-c2noc3ccccc23)c1. The van der Waals surface area contributed by atoms with Crippen LogP contribution in [0.3, 0.4) is 0 Å². The van der Waals surface area contributed by atoms with Crippen LogP contribution < -0.4 is 10.6 Å². The summed E-state index contributed by atoms with van der Waals surface area (Å²) < 4.78 is 11.0. The van der Waals surface area contributed by atoms with Gasteiger partial charge in [0.05, 0.1) is 6.67 Å². The molecule has 33 heavy (non-hydrogen) atoms. The Bertz CT molecular complexity index is 1450. The van der Waals surface area contributed by atoms with Gasteiger partial charge >= 0.3 is 0 Å². The van der Waals surface area contributed by atoms with Crippen LogP contribution in [0, 0.1) is 0 Å². The van der Waals surface area contributed by atoms with Gasteiger partial charge in [0.25, 0.3) is 0 Å². The second-order valence-corrected chi connectivity index (χ2v) is 7.68. The Balaban J connectivity index is 1.27. The number of benzene rings is 4. The van der Waals surface area contributed by atoms with E-state index >= 15 is 0 Å². The fourth-order valence-corrected chi connectivity index (χ4v) is 4.08. The van der Waals surface area contributed by atoms with Crippen LogP contribution in [0.1, 0.15) is 0 Å². The highest BCUT2D eigenvalue weighted by Crippen LogP contribution is 2.34. The number of para-hydroxylation sites is 4. The Morgan fingerprint density at radius 1 is 0.515 bits per heavy atom. The van der Waals surface area contributed by atoms with Crippen molar-refractivity contribution in [2.24, 2.45) is 0 Å². The van der Waals surface area contributed by atoms with Gasteiger partial charge in [-0.3, -0.25) is 0 Å². The number of anilines is 2. The highest BCUT2D eigenvalue weighted by molar-refractivity contribution is 5.96. The van der Waals surface area contributed by atoms with E-state index in [-0.39, 0.29) is 0 Å². The topological polar surface area (TPSA) is 76.1 Å². The van der Waals surface area contributed by atoms with Crippen LogP contribution in [-0.4, -0.2) is 17.0 Å². The van der Waals surface area contributed by atoms with Crippen LogP contribution in [0.2, 0.25) is 0 Å². The predicted molar refractivity (Wildman–Crippen MR) is 131 cm³/mol. The number of aromatic nitrogens is 2. The second-order valence-electron chi connectivity index (χ2n) is 7.68. The molecule has 6 nitrogen and oxygen atoms in total. The molecule has 0 unspecified atom stereocenters. The van der Waals surface area contributed by atoms with E-state index in [9.17, 15) is 0 Å². The van der Waals surface area contributed by atoms with Gasteiger partial charge in [-0.2, -0.15) is 0 Å². The molecule has 0 amide bonds. The smallest absolute Gasteiger partial charge is 0.167 e. The van der Waals surface area contributed by atoms with Gasteiger partial charge in [0, 0.05) is 33.3 Å². The quantitative estimate of drug-likeness (QED) is 0.282. The summed E-state index contributed by atoms with van der Waals surface area (Å²) in [5.41, 5.74) is 7.09. The van der Waals surface area contributed by atoms with E-state index in [4.69, 9.17) is 9.05 Å². The number of fused-ring (bicyclic) bond motifs is 2. The molecule has 0 bridgehead atoms. The standard InChI is InChI=1S/C27H20N4O2/c1-5-13-22(18(9-1)26-20-11-3-7-15-24(20)32-30-26)28-17-29-23-14-6-2-10-19(23)27-21-12-4-8-16-25(21)33-31-27/h1-16,28-29H,17H2. The molecule has 6 heteroatoms. The number of rotatable bonds is 6. The lowest BCUT2D eigenvalue weighted by Crippen LogP contribution is -2.13. The minimum atomic E-state index is 0.513. The maximum atomic E-state index is 5.52. The normalized spacial score (nSPS) is 11.2.